The van der Waals surface area contributed by atoms with E-state index < -0.39 is 5.97 Å². The number of aromatic nitrogens is 2. The van der Waals surface area contributed by atoms with Gasteiger partial charge in [-0.1, -0.05) is 0 Å². The lowest BCUT2D eigenvalue weighted by Gasteiger charge is -2.03. The number of ether oxygens (including phenoxy) is 1. The van der Waals surface area contributed by atoms with E-state index >= 15 is 0 Å². The van der Waals surface area contributed by atoms with Gasteiger partial charge in [0.1, 0.15) is 5.56 Å². The van der Waals surface area contributed by atoms with Gasteiger partial charge in [-0.15, -0.1) is 5.10 Å². The van der Waals surface area contributed by atoms with Gasteiger partial charge in [-0.2, -0.15) is 5.10 Å². The van der Waals surface area contributed by atoms with Crippen LogP contribution in [-0.4, -0.2) is 28.4 Å². The molecule has 5 heteroatoms. The first kappa shape index (κ1) is 8.45. The predicted molar refractivity (Wildman–Crippen MR) is 40.3 cm³/mol. The first-order chi connectivity index (χ1) is 5.66. The zero-order chi connectivity index (χ0) is 9.14. The molecule has 0 aliphatic heterocycles. The summed E-state index contributed by atoms with van der Waals surface area (Å²) in [4.78, 5) is 10.7. The summed E-state index contributed by atoms with van der Waals surface area (Å²) in [6.45, 7) is 1.64. The van der Waals surface area contributed by atoms with Gasteiger partial charge in [0.25, 0.3) is 0 Å². The maximum atomic E-state index is 10.7. The summed E-state index contributed by atoms with van der Waals surface area (Å²) in [5.41, 5.74) is 0.599. The quantitative estimate of drug-likeness (QED) is 0.695. The number of carboxylic acid groups (broad SMARTS) is 1. The highest BCUT2D eigenvalue weighted by atomic mass is 16.5. The molecule has 0 saturated carbocycles. The fraction of sp³-hybridized carbons (Fsp3) is 0.286. The molecule has 0 saturated heterocycles. The van der Waals surface area contributed by atoms with Crippen LogP contribution in [0.25, 0.3) is 0 Å². The van der Waals surface area contributed by atoms with E-state index in [4.69, 9.17) is 9.84 Å². The molecule has 0 aliphatic rings. The Bertz CT molecular complexity index is 312. The number of hydrogen-bond acceptors (Lipinski definition) is 4. The van der Waals surface area contributed by atoms with E-state index in [1.165, 1.54) is 13.3 Å². The SMILES string of the molecule is COc1nncc(C)c1C(=O)O. The van der Waals surface area contributed by atoms with Gasteiger partial charge in [0.2, 0.25) is 5.88 Å². The molecule has 12 heavy (non-hydrogen) atoms. The van der Waals surface area contributed by atoms with Crippen LogP contribution in [0, 0.1) is 6.92 Å². The van der Waals surface area contributed by atoms with Crippen LogP contribution in [0.3, 0.4) is 0 Å². The monoisotopic (exact) mass is 168 g/mol. The lowest BCUT2D eigenvalue weighted by Crippen LogP contribution is -2.06. The minimum absolute atomic E-state index is 0.0440. The number of methoxy groups -OCH3 is 1. The molecule has 0 aliphatic carbocycles. The van der Waals surface area contributed by atoms with Crippen molar-refractivity contribution in [2.24, 2.45) is 0 Å². The zero-order valence-electron chi connectivity index (χ0n) is 6.74. The minimum atomic E-state index is -1.06. The largest absolute Gasteiger partial charge is 0.479 e. The van der Waals surface area contributed by atoms with Gasteiger partial charge in [-0.05, 0) is 12.5 Å². The third-order valence-corrected chi connectivity index (χ3v) is 1.42. The Morgan fingerprint density at radius 2 is 2.33 bits per heavy atom. The molecule has 1 aromatic heterocycles. The van der Waals surface area contributed by atoms with Crippen LogP contribution < -0.4 is 4.74 Å². The third kappa shape index (κ3) is 1.34. The molecule has 1 rings (SSSR count). The Morgan fingerprint density at radius 1 is 1.67 bits per heavy atom. The molecular weight excluding hydrogens is 160 g/mol. The van der Waals surface area contributed by atoms with E-state index in [0.29, 0.717) is 5.56 Å². The third-order valence-electron chi connectivity index (χ3n) is 1.42. The van der Waals surface area contributed by atoms with Crippen LogP contribution >= 0.6 is 0 Å². The standard InChI is InChI=1S/C7H8N2O3/c1-4-3-8-9-6(12-2)5(4)7(10)11/h3H,1-2H3,(H,10,11). The van der Waals surface area contributed by atoms with Crippen molar-refractivity contribution in [3.63, 3.8) is 0 Å². The van der Waals surface area contributed by atoms with Crippen LogP contribution in [0.5, 0.6) is 5.88 Å². The fourth-order valence-electron chi connectivity index (χ4n) is 0.854. The Morgan fingerprint density at radius 3 is 2.75 bits per heavy atom. The Kier molecular flexibility index (Phi) is 2.23. The summed E-state index contributed by atoms with van der Waals surface area (Å²) in [5, 5.41) is 15.8. The Hall–Kier alpha value is -1.65. The first-order valence-corrected chi connectivity index (χ1v) is 3.26. The molecule has 1 N–H and O–H groups in total. The Balaban J connectivity index is 3.29. The van der Waals surface area contributed by atoms with Crippen molar-refractivity contribution in [2.75, 3.05) is 7.11 Å². The maximum Gasteiger partial charge on any atom is 0.341 e. The zero-order valence-corrected chi connectivity index (χ0v) is 6.74. The molecule has 0 spiro atoms. The molecule has 0 bridgehead atoms. The highest BCUT2D eigenvalue weighted by Gasteiger charge is 2.15. The van der Waals surface area contributed by atoms with E-state index in [-0.39, 0.29) is 11.4 Å². The summed E-state index contributed by atoms with van der Waals surface area (Å²) in [7, 11) is 1.36. The molecule has 0 atom stereocenters. The predicted octanol–water partition coefficient (Wildman–Crippen LogP) is 0.492. The number of rotatable bonds is 2. The minimum Gasteiger partial charge on any atom is -0.479 e. The van der Waals surface area contributed by atoms with Crippen molar-refractivity contribution >= 4 is 5.97 Å². The number of hydrogen-bond donors (Lipinski definition) is 1. The van der Waals surface area contributed by atoms with Crippen molar-refractivity contribution in [3.05, 3.63) is 17.3 Å². The van der Waals surface area contributed by atoms with Crippen molar-refractivity contribution < 1.29 is 14.6 Å². The second kappa shape index (κ2) is 3.17. The lowest BCUT2D eigenvalue weighted by atomic mass is 10.2. The molecule has 1 heterocycles. The first-order valence-electron chi connectivity index (χ1n) is 3.26. The average Bonchev–Trinajstić information content (AvgIpc) is 2.03. The van der Waals surface area contributed by atoms with E-state index in [1.807, 2.05) is 0 Å². The number of carbonyl (C=O) groups is 1. The van der Waals surface area contributed by atoms with Gasteiger partial charge in [0, 0.05) is 0 Å². The van der Waals surface area contributed by atoms with E-state index in [2.05, 4.69) is 10.2 Å². The summed E-state index contributed by atoms with van der Waals surface area (Å²) in [6.07, 6.45) is 1.38. The molecular formula is C7H8N2O3. The topological polar surface area (TPSA) is 72.3 Å². The summed E-state index contributed by atoms with van der Waals surface area (Å²) < 4.78 is 4.73. The molecule has 0 aromatic carbocycles. The van der Waals surface area contributed by atoms with Gasteiger partial charge in [-0.25, -0.2) is 4.79 Å². The molecule has 64 valence electrons. The molecule has 0 fully saturated rings. The summed E-state index contributed by atoms with van der Waals surface area (Å²) in [5.74, 6) is -1.01. The molecule has 1 aromatic rings. The second-order valence-corrected chi connectivity index (χ2v) is 2.22. The van der Waals surface area contributed by atoms with Crippen LogP contribution in [-0.2, 0) is 0 Å². The van der Waals surface area contributed by atoms with Crippen LogP contribution in [0.2, 0.25) is 0 Å². The number of carboxylic acids is 1. The lowest BCUT2D eigenvalue weighted by molar-refractivity contribution is 0.0691. The average molecular weight is 168 g/mol. The fourth-order valence-corrected chi connectivity index (χ4v) is 0.854. The van der Waals surface area contributed by atoms with Crippen LogP contribution in [0.4, 0.5) is 0 Å². The van der Waals surface area contributed by atoms with Crippen molar-refractivity contribution in [2.45, 2.75) is 6.92 Å². The maximum absolute atomic E-state index is 10.7. The number of nitrogens with zero attached hydrogens (tertiary/aromatic N) is 2. The van der Waals surface area contributed by atoms with Gasteiger partial charge in [0.05, 0.1) is 13.3 Å². The van der Waals surface area contributed by atoms with Crippen molar-refractivity contribution in [1.29, 1.82) is 0 Å². The Labute approximate surface area is 69.0 Å². The molecule has 0 amide bonds. The number of aryl methyl sites for hydroxylation is 1. The molecule has 0 unspecified atom stereocenters. The van der Waals surface area contributed by atoms with Crippen molar-refractivity contribution in [3.8, 4) is 5.88 Å². The van der Waals surface area contributed by atoms with E-state index in [1.54, 1.807) is 6.92 Å². The van der Waals surface area contributed by atoms with Gasteiger partial charge < -0.3 is 9.84 Å². The summed E-state index contributed by atoms with van der Waals surface area (Å²) in [6, 6.07) is 0. The molecule has 5 nitrogen and oxygen atoms in total. The van der Waals surface area contributed by atoms with E-state index in [0.717, 1.165) is 0 Å². The van der Waals surface area contributed by atoms with Crippen LogP contribution in [0.1, 0.15) is 15.9 Å². The van der Waals surface area contributed by atoms with Crippen LogP contribution in [0.15, 0.2) is 6.20 Å². The normalized spacial score (nSPS) is 9.50. The molecule has 0 radical (unpaired) electrons. The van der Waals surface area contributed by atoms with Crippen molar-refractivity contribution in [1.82, 2.24) is 10.2 Å². The highest BCUT2D eigenvalue weighted by Crippen LogP contribution is 2.16. The van der Waals surface area contributed by atoms with Gasteiger partial charge in [-0.3, -0.25) is 0 Å². The van der Waals surface area contributed by atoms with E-state index in [9.17, 15) is 4.79 Å². The van der Waals surface area contributed by atoms with Gasteiger partial charge >= 0.3 is 5.97 Å². The number of aromatic carboxylic acids is 1. The summed E-state index contributed by atoms with van der Waals surface area (Å²) >= 11 is 0. The highest BCUT2D eigenvalue weighted by molar-refractivity contribution is 5.91. The van der Waals surface area contributed by atoms with Gasteiger partial charge in [0.15, 0.2) is 0 Å². The smallest absolute Gasteiger partial charge is 0.341 e. The second-order valence-electron chi connectivity index (χ2n) is 2.22.